The summed E-state index contributed by atoms with van der Waals surface area (Å²) in [6.07, 6.45) is 1.51. The normalized spacial score (nSPS) is 18.5. The van der Waals surface area contributed by atoms with Crippen molar-refractivity contribution in [2.45, 2.75) is 18.9 Å². The highest BCUT2D eigenvalue weighted by Crippen LogP contribution is 2.29. The van der Waals surface area contributed by atoms with Gasteiger partial charge < -0.3 is 10.4 Å². The van der Waals surface area contributed by atoms with Gasteiger partial charge in [-0.2, -0.15) is 0 Å². The molecular weight excluding hydrogens is 358 g/mol. The Balaban J connectivity index is 2.22. The van der Waals surface area contributed by atoms with Crippen LogP contribution in [0.2, 0.25) is 0 Å². The fourth-order valence-electron chi connectivity index (χ4n) is 2.58. The van der Waals surface area contributed by atoms with Crippen molar-refractivity contribution < 1.29 is 9.50 Å². The molecule has 1 aromatic carbocycles. The van der Waals surface area contributed by atoms with Gasteiger partial charge >= 0.3 is 0 Å². The van der Waals surface area contributed by atoms with Crippen LogP contribution in [0.3, 0.4) is 0 Å². The van der Waals surface area contributed by atoms with Crippen LogP contribution in [0.4, 0.5) is 4.39 Å². The van der Waals surface area contributed by atoms with E-state index < -0.39 is 0 Å². The number of nitrogens with one attached hydrogen (secondary N) is 1. The van der Waals surface area contributed by atoms with Gasteiger partial charge in [0, 0.05) is 48.0 Å². The number of halogens is 2. The maximum Gasteiger partial charge on any atom is 0.128 e. The quantitative estimate of drug-likeness (QED) is 0.771. The van der Waals surface area contributed by atoms with Crippen molar-refractivity contribution in [1.29, 1.82) is 0 Å². The molecule has 1 heterocycles. The van der Waals surface area contributed by atoms with E-state index >= 15 is 0 Å². The van der Waals surface area contributed by atoms with Crippen molar-refractivity contribution >= 4 is 22.6 Å². The van der Waals surface area contributed by atoms with Crippen LogP contribution in [-0.2, 0) is 0 Å². The molecule has 2 N–H and O–H groups in total. The maximum absolute atomic E-state index is 14.1. The Morgan fingerprint density at radius 2 is 2.11 bits per heavy atom. The number of hydrogen-bond acceptors (Lipinski definition) is 3. The summed E-state index contributed by atoms with van der Waals surface area (Å²) in [6.45, 7) is 3.92. The summed E-state index contributed by atoms with van der Waals surface area (Å²) >= 11 is 2.22. The average molecular weight is 378 g/mol. The highest BCUT2D eigenvalue weighted by molar-refractivity contribution is 14.1. The monoisotopic (exact) mass is 378 g/mol. The summed E-state index contributed by atoms with van der Waals surface area (Å²) < 4.78 is 15.1. The van der Waals surface area contributed by atoms with Gasteiger partial charge in [0.1, 0.15) is 5.82 Å². The Morgan fingerprint density at radius 1 is 1.37 bits per heavy atom. The Bertz CT molecular complexity index is 410. The fraction of sp³-hybridized carbons (Fsp3) is 0.571. The largest absolute Gasteiger partial charge is 0.396 e. The first-order valence-corrected chi connectivity index (χ1v) is 7.81. The number of benzene rings is 1. The third-order valence-corrected chi connectivity index (χ3v) is 4.22. The van der Waals surface area contributed by atoms with Crippen molar-refractivity contribution in [3.05, 3.63) is 33.1 Å². The minimum Gasteiger partial charge on any atom is -0.396 e. The van der Waals surface area contributed by atoms with Crippen molar-refractivity contribution in [1.82, 2.24) is 10.2 Å². The topological polar surface area (TPSA) is 35.5 Å². The van der Waals surface area contributed by atoms with Gasteiger partial charge in [0.05, 0.1) is 0 Å². The number of nitrogens with zero attached hydrogens (tertiary/aromatic N) is 1. The predicted octanol–water partition coefficient (Wildman–Crippen LogP) is 2.15. The first-order chi connectivity index (χ1) is 9.22. The van der Waals surface area contributed by atoms with Gasteiger partial charge in [-0.15, -0.1) is 0 Å². The Hall–Kier alpha value is -0.240. The minimum atomic E-state index is -0.137. The Labute approximate surface area is 127 Å². The van der Waals surface area contributed by atoms with E-state index in [-0.39, 0.29) is 18.5 Å². The molecule has 1 saturated heterocycles. The maximum atomic E-state index is 14.1. The van der Waals surface area contributed by atoms with Crippen molar-refractivity contribution in [2.75, 3.05) is 32.8 Å². The summed E-state index contributed by atoms with van der Waals surface area (Å²) in [6, 6.07) is 5.34. The Kier molecular flexibility index (Phi) is 6.00. The zero-order valence-corrected chi connectivity index (χ0v) is 13.1. The zero-order chi connectivity index (χ0) is 13.7. The lowest BCUT2D eigenvalue weighted by molar-refractivity contribution is 0.151. The zero-order valence-electron chi connectivity index (χ0n) is 10.9. The molecule has 0 amide bonds. The highest BCUT2D eigenvalue weighted by Gasteiger charge is 2.24. The third kappa shape index (κ3) is 4.11. The van der Waals surface area contributed by atoms with Gasteiger partial charge in [0.25, 0.3) is 0 Å². The fourth-order valence-corrected chi connectivity index (χ4v) is 3.10. The molecule has 3 nitrogen and oxygen atoms in total. The number of hydrogen-bond donors (Lipinski definition) is 2. The molecule has 0 unspecified atom stereocenters. The van der Waals surface area contributed by atoms with Crippen molar-refractivity contribution in [2.24, 2.45) is 0 Å². The van der Waals surface area contributed by atoms with E-state index in [1.54, 1.807) is 12.1 Å². The van der Waals surface area contributed by atoms with Gasteiger partial charge in [-0.05, 0) is 53.6 Å². The second-order valence-electron chi connectivity index (χ2n) is 4.83. The van der Waals surface area contributed by atoms with Gasteiger partial charge in [-0.1, -0.05) is 0 Å². The number of piperazine rings is 1. The molecule has 0 bridgehead atoms. The van der Waals surface area contributed by atoms with E-state index in [2.05, 4.69) is 32.8 Å². The third-order valence-electron chi connectivity index (χ3n) is 3.55. The molecule has 19 heavy (non-hydrogen) atoms. The molecular formula is C14H20FIN2O. The SMILES string of the molecule is OCCC[C@H](c1cc(I)ccc1F)N1CCNCC1. The summed E-state index contributed by atoms with van der Waals surface area (Å²) in [7, 11) is 0. The van der Waals surface area contributed by atoms with Gasteiger partial charge in [-0.25, -0.2) is 4.39 Å². The predicted molar refractivity (Wildman–Crippen MR) is 82.6 cm³/mol. The Morgan fingerprint density at radius 3 is 2.79 bits per heavy atom. The molecule has 0 saturated carbocycles. The van der Waals surface area contributed by atoms with E-state index in [1.807, 2.05) is 6.07 Å². The van der Waals surface area contributed by atoms with Crippen LogP contribution >= 0.6 is 22.6 Å². The molecule has 0 spiro atoms. The molecule has 1 aliphatic heterocycles. The highest BCUT2D eigenvalue weighted by atomic mass is 127. The lowest BCUT2D eigenvalue weighted by Crippen LogP contribution is -2.45. The number of aliphatic hydroxyl groups is 1. The van der Waals surface area contributed by atoms with Crippen molar-refractivity contribution in [3.63, 3.8) is 0 Å². The van der Waals surface area contributed by atoms with Crippen LogP contribution in [0.5, 0.6) is 0 Å². The molecule has 1 atom stereocenters. The van der Waals surface area contributed by atoms with Crippen molar-refractivity contribution in [3.8, 4) is 0 Å². The average Bonchev–Trinajstić information content (AvgIpc) is 2.44. The minimum absolute atomic E-state index is 0.0731. The van der Waals surface area contributed by atoms with Gasteiger partial charge in [0.2, 0.25) is 0 Å². The van der Waals surface area contributed by atoms with E-state index in [0.717, 1.165) is 41.7 Å². The molecule has 5 heteroatoms. The summed E-state index contributed by atoms with van der Waals surface area (Å²) in [5.74, 6) is -0.137. The molecule has 0 aromatic heterocycles. The standard InChI is InChI=1S/C14H20FIN2O/c15-13-4-3-11(16)10-12(13)14(2-1-9-19)18-7-5-17-6-8-18/h3-4,10,14,17,19H,1-2,5-9H2/t14-/m1/s1. The van der Waals surface area contributed by atoms with Crippen LogP contribution < -0.4 is 5.32 Å². The van der Waals surface area contributed by atoms with Crippen LogP contribution in [-0.4, -0.2) is 42.8 Å². The molecule has 2 rings (SSSR count). The molecule has 0 aliphatic carbocycles. The van der Waals surface area contributed by atoms with Gasteiger partial charge in [-0.3, -0.25) is 4.90 Å². The number of aliphatic hydroxyl groups excluding tert-OH is 1. The molecule has 1 fully saturated rings. The van der Waals surface area contributed by atoms with E-state index in [1.165, 1.54) is 0 Å². The summed E-state index contributed by atoms with van der Waals surface area (Å²) in [5, 5.41) is 12.4. The second-order valence-corrected chi connectivity index (χ2v) is 6.08. The van der Waals surface area contributed by atoms with Crippen LogP contribution in [0.15, 0.2) is 18.2 Å². The lowest BCUT2D eigenvalue weighted by Gasteiger charge is -2.35. The molecule has 1 aromatic rings. The first-order valence-electron chi connectivity index (χ1n) is 6.73. The van der Waals surface area contributed by atoms with Gasteiger partial charge in [0.15, 0.2) is 0 Å². The summed E-state index contributed by atoms with van der Waals surface area (Å²) in [4.78, 5) is 2.32. The van der Waals surface area contributed by atoms with E-state index in [9.17, 15) is 4.39 Å². The van der Waals surface area contributed by atoms with Crippen LogP contribution in [0.25, 0.3) is 0 Å². The second kappa shape index (κ2) is 7.52. The van der Waals surface area contributed by atoms with E-state index in [0.29, 0.717) is 6.42 Å². The first kappa shape index (κ1) is 15.2. The molecule has 106 valence electrons. The summed E-state index contributed by atoms with van der Waals surface area (Å²) in [5.41, 5.74) is 0.766. The van der Waals surface area contributed by atoms with Crippen LogP contribution in [0.1, 0.15) is 24.4 Å². The van der Waals surface area contributed by atoms with Crippen LogP contribution in [0, 0.1) is 9.39 Å². The van der Waals surface area contributed by atoms with E-state index in [4.69, 9.17) is 5.11 Å². The molecule has 1 aliphatic rings. The lowest BCUT2D eigenvalue weighted by atomic mass is 9.99. The number of rotatable bonds is 5. The molecule has 0 radical (unpaired) electrons. The smallest absolute Gasteiger partial charge is 0.128 e.